The smallest absolute Gasteiger partial charge is 0.347 e. The van der Waals surface area contributed by atoms with Gasteiger partial charge in [0.15, 0.2) is 12.7 Å². The number of hydrogen-bond acceptors (Lipinski definition) is 6. The van der Waals surface area contributed by atoms with Crippen molar-refractivity contribution in [3.05, 3.63) is 24.3 Å². The quantitative estimate of drug-likeness (QED) is 0.614. The van der Waals surface area contributed by atoms with Crippen LogP contribution in [-0.2, 0) is 19.1 Å². The molecule has 0 amide bonds. The van der Waals surface area contributed by atoms with Crippen molar-refractivity contribution < 1.29 is 23.8 Å². The molecule has 0 aliphatic rings. The van der Waals surface area contributed by atoms with Crippen molar-refractivity contribution in [3.8, 4) is 5.75 Å². The van der Waals surface area contributed by atoms with E-state index in [1.54, 1.807) is 31.2 Å². The van der Waals surface area contributed by atoms with Crippen LogP contribution in [0.1, 0.15) is 13.8 Å². The number of para-hydroxylation sites is 2. The van der Waals surface area contributed by atoms with E-state index in [1.165, 1.54) is 6.92 Å². The molecule has 1 atom stereocenters. The summed E-state index contributed by atoms with van der Waals surface area (Å²) in [7, 11) is 0. The van der Waals surface area contributed by atoms with E-state index in [0.29, 0.717) is 11.4 Å². The zero-order valence-electron chi connectivity index (χ0n) is 10.9. The van der Waals surface area contributed by atoms with Gasteiger partial charge in [-0.15, -0.1) is 0 Å². The second kappa shape index (κ2) is 7.25. The van der Waals surface area contributed by atoms with E-state index in [4.69, 9.17) is 19.9 Å². The van der Waals surface area contributed by atoms with Gasteiger partial charge >= 0.3 is 11.9 Å². The van der Waals surface area contributed by atoms with E-state index >= 15 is 0 Å². The Morgan fingerprint density at radius 3 is 2.63 bits per heavy atom. The first-order chi connectivity index (χ1) is 9.04. The second-order valence-electron chi connectivity index (χ2n) is 3.71. The molecular weight excluding hydrogens is 250 g/mol. The van der Waals surface area contributed by atoms with Gasteiger partial charge in [-0.1, -0.05) is 12.1 Å². The molecule has 0 saturated heterocycles. The SMILES string of the molecule is CCOC(=O)C(C)OC(=O)COc1ccccc1N. The van der Waals surface area contributed by atoms with Crippen LogP contribution in [-0.4, -0.2) is 31.3 Å². The van der Waals surface area contributed by atoms with Gasteiger partial charge in [-0.25, -0.2) is 9.59 Å². The third kappa shape index (κ3) is 4.87. The van der Waals surface area contributed by atoms with Gasteiger partial charge in [0, 0.05) is 0 Å². The minimum Gasteiger partial charge on any atom is -0.480 e. The van der Waals surface area contributed by atoms with Gasteiger partial charge in [-0.2, -0.15) is 0 Å². The number of ether oxygens (including phenoxy) is 3. The number of hydrogen-bond donors (Lipinski definition) is 1. The highest BCUT2D eigenvalue weighted by atomic mass is 16.6. The number of carbonyl (C=O) groups excluding carboxylic acids is 2. The van der Waals surface area contributed by atoms with E-state index in [2.05, 4.69) is 0 Å². The number of nitrogen functional groups attached to an aromatic ring is 1. The Hall–Kier alpha value is -2.24. The van der Waals surface area contributed by atoms with Crippen LogP contribution < -0.4 is 10.5 Å². The Kier molecular flexibility index (Phi) is 5.66. The van der Waals surface area contributed by atoms with Crippen LogP contribution in [0.25, 0.3) is 0 Å². The van der Waals surface area contributed by atoms with E-state index in [0.717, 1.165) is 0 Å². The molecule has 1 aromatic carbocycles. The first kappa shape index (κ1) is 14.8. The molecule has 2 N–H and O–H groups in total. The summed E-state index contributed by atoms with van der Waals surface area (Å²) < 4.78 is 14.7. The van der Waals surface area contributed by atoms with Crippen molar-refractivity contribution in [1.82, 2.24) is 0 Å². The zero-order valence-corrected chi connectivity index (χ0v) is 10.9. The predicted octanol–water partition coefficient (Wildman–Crippen LogP) is 1.14. The fraction of sp³-hybridized carbons (Fsp3) is 0.385. The highest BCUT2D eigenvalue weighted by Crippen LogP contribution is 2.19. The molecule has 0 heterocycles. The average molecular weight is 267 g/mol. The lowest BCUT2D eigenvalue weighted by molar-refractivity contribution is -0.167. The van der Waals surface area contributed by atoms with E-state index < -0.39 is 18.0 Å². The number of rotatable bonds is 6. The molecule has 0 spiro atoms. The number of anilines is 1. The minimum atomic E-state index is -0.954. The van der Waals surface area contributed by atoms with Crippen molar-refractivity contribution in [3.63, 3.8) is 0 Å². The van der Waals surface area contributed by atoms with Crippen LogP contribution in [0.15, 0.2) is 24.3 Å². The molecule has 19 heavy (non-hydrogen) atoms. The molecule has 0 fully saturated rings. The Labute approximate surface area is 111 Å². The molecule has 1 aromatic rings. The van der Waals surface area contributed by atoms with E-state index in [-0.39, 0.29) is 13.2 Å². The van der Waals surface area contributed by atoms with Crippen molar-refractivity contribution >= 4 is 17.6 Å². The third-order valence-corrected chi connectivity index (χ3v) is 2.19. The van der Waals surface area contributed by atoms with Gasteiger partial charge in [-0.3, -0.25) is 0 Å². The first-order valence-electron chi connectivity index (χ1n) is 5.88. The monoisotopic (exact) mass is 267 g/mol. The Morgan fingerprint density at radius 1 is 1.32 bits per heavy atom. The summed E-state index contributed by atoms with van der Waals surface area (Å²) in [5.74, 6) is -0.859. The number of nitrogens with two attached hydrogens (primary N) is 1. The first-order valence-corrected chi connectivity index (χ1v) is 5.88. The molecule has 6 heteroatoms. The van der Waals surface area contributed by atoms with E-state index in [1.807, 2.05) is 0 Å². The highest BCUT2D eigenvalue weighted by molar-refractivity contribution is 5.79. The molecule has 1 rings (SSSR count). The number of carbonyl (C=O) groups is 2. The lowest BCUT2D eigenvalue weighted by atomic mass is 10.3. The maximum Gasteiger partial charge on any atom is 0.347 e. The molecule has 0 aromatic heterocycles. The summed E-state index contributed by atoms with van der Waals surface area (Å²) in [5, 5.41) is 0. The van der Waals surface area contributed by atoms with Gasteiger partial charge in [0.1, 0.15) is 5.75 Å². The molecule has 0 saturated carbocycles. The summed E-state index contributed by atoms with van der Waals surface area (Å²) in [6, 6.07) is 6.78. The maximum absolute atomic E-state index is 11.5. The molecule has 0 bridgehead atoms. The third-order valence-electron chi connectivity index (χ3n) is 2.19. The summed E-state index contributed by atoms with van der Waals surface area (Å²) in [6.07, 6.45) is -0.954. The second-order valence-corrected chi connectivity index (χ2v) is 3.71. The average Bonchev–Trinajstić information content (AvgIpc) is 2.38. The zero-order chi connectivity index (χ0) is 14.3. The predicted molar refractivity (Wildman–Crippen MR) is 68.5 cm³/mol. The topological polar surface area (TPSA) is 87.8 Å². The minimum absolute atomic E-state index is 0.234. The van der Waals surface area contributed by atoms with Crippen LogP contribution in [0.3, 0.4) is 0 Å². The fourth-order valence-corrected chi connectivity index (χ4v) is 1.29. The Bertz CT molecular complexity index is 446. The lowest BCUT2D eigenvalue weighted by Gasteiger charge is -2.12. The van der Waals surface area contributed by atoms with Crippen LogP contribution in [0.4, 0.5) is 5.69 Å². The summed E-state index contributed by atoms with van der Waals surface area (Å²) >= 11 is 0. The van der Waals surface area contributed by atoms with Crippen molar-refractivity contribution in [2.75, 3.05) is 18.9 Å². The van der Waals surface area contributed by atoms with Crippen molar-refractivity contribution in [1.29, 1.82) is 0 Å². The van der Waals surface area contributed by atoms with Crippen LogP contribution in [0.5, 0.6) is 5.75 Å². The van der Waals surface area contributed by atoms with Crippen LogP contribution >= 0.6 is 0 Å². The summed E-state index contributed by atoms with van der Waals surface area (Å²) in [5.41, 5.74) is 6.07. The highest BCUT2D eigenvalue weighted by Gasteiger charge is 2.19. The molecule has 0 aliphatic carbocycles. The lowest BCUT2D eigenvalue weighted by Crippen LogP contribution is -2.28. The summed E-state index contributed by atoms with van der Waals surface area (Å²) in [4.78, 5) is 22.7. The van der Waals surface area contributed by atoms with Gasteiger partial charge in [0.25, 0.3) is 0 Å². The van der Waals surface area contributed by atoms with Crippen molar-refractivity contribution in [2.24, 2.45) is 0 Å². The van der Waals surface area contributed by atoms with Gasteiger partial charge in [0.2, 0.25) is 0 Å². The Balaban J connectivity index is 2.40. The summed E-state index contributed by atoms with van der Waals surface area (Å²) in [6.45, 7) is 3.02. The van der Waals surface area contributed by atoms with Gasteiger partial charge in [0.05, 0.1) is 12.3 Å². The number of esters is 2. The molecule has 1 unspecified atom stereocenters. The van der Waals surface area contributed by atoms with Crippen LogP contribution in [0.2, 0.25) is 0 Å². The largest absolute Gasteiger partial charge is 0.480 e. The van der Waals surface area contributed by atoms with Crippen LogP contribution in [0, 0.1) is 0 Å². The van der Waals surface area contributed by atoms with Crippen molar-refractivity contribution in [2.45, 2.75) is 20.0 Å². The molecule has 0 radical (unpaired) electrons. The standard InChI is InChI=1S/C13H17NO5/c1-3-17-13(16)9(2)19-12(15)8-18-11-7-5-4-6-10(11)14/h4-7,9H,3,8,14H2,1-2H3. The molecule has 104 valence electrons. The molecular formula is C13H17NO5. The molecule has 0 aliphatic heterocycles. The molecule has 6 nitrogen and oxygen atoms in total. The van der Waals surface area contributed by atoms with Gasteiger partial charge < -0.3 is 19.9 Å². The fourth-order valence-electron chi connectivity index (χ4n) is 1.29. The van der Waals surface area contributed by atoms with E-state index in [9.17, 15) is 9.59 Å². The number of benzene rings is 1. The van der Waals surface area contributed by atoms with Gasteiger partial charge in [-0.05, 0) is 26.0 Å². The Morgan fingerprint density at radius 2 is 2.00 bits per heavy atom. The maximum atomic E-state index is 11.5. The normalized spacial score (nSPS) is 11.5.